The van der Waals surface area contributed by atoms with Crippen molar-refractivity contribution < 1.29 is 28.9 Å². The molecular weight excluding hydrogens is 288 g/mol. The van der Waals surface area contributed by atoms with Crippen molar-refractivity contribution in [2.75, 3.05) is 13.2 Å². The van der Waals surface area contributed by atoms with E-state index in [1.54, 1.807) is 25.1 Å². The van der Waals surface area contributed by atoms with Crippen LogP contribution in [0.15, 0.2) is 22.6 Å². The summed E-state index contributed by atoms with van der Waals surface area (Å²) in [5.41, 5.74) is -1.06. The molecule has 1 saturated heterocycles. The van der Waals surface area contributed by atoms with Crippen LogP contribution in [-0.4, -0.2) is 40.8 Å². The first-order valence-corrected chi connectivity index (χ1v) is 7.38. The molecule has 0 saturated carbocycles. The normalized spacial score (nSPS) is 20.3. The van der Waals surface area contributed by atoms with Crippen molar-refractivity contribution in [2.45, 2.75) is 44.5 Å². The summed E-state index contributed by atoms with van der Waals surface area (Å²) in [6.07, 6.45) is 4.94. The van der Waals surface area contributed by atoms with E-state index < -0.39 is 17.4 Å². The zero-order valence-corrected chi connectivity index (χ0v) is 12.9. The van der Waals surface area contributed by atoms with Crippen LogP contribution < -0.4 is 0 Å². The van der Waals surface area contributed by atoms with E-state index in [1.807, 2.05) is 6.92 Å². The highest BCUT2D eigenvalue weighted by atomic mass is 16.7. The number of furan rings is 1. The fourth-order valence-corrected chi connectivity index (χ4v) is 2.37. The third kappa shape index (κ3) is 4.19. The van der Waals surface area contributed by atoms with E-state index in [2.05, 4.69) is 0 Å². The SMILES string of the molecule is CCC1(CCC(C)(O)/C=C/c2ccc(C(=O)O)o2)OCCO1. The summed E-state index contributed by atoms with van der Waals surface area (Å²) < 4.78 is 16.4. The van der Waals surface area contributed by atoms with Crippen LogP contribution in [0.1, 0.15) is 49.4 Å². The first kappa shape index (κ1) is 16.7. The number of aliphatic hydroxyl groups is 1. The zero-order valence-electron chi connectivity index (χ0n) is 12.9. The molecule has 2 rings (SSSR count). The van der Waals surface area contributed by atoms with Crippen molar-refractivity contribution >= 4 is 12.0 Å². The number of hydrogen-bond donors (Lipinski definition) is 2. The lowest BCUT2D eigenvalue weighted by Gasteiger charge is -2.29. The molecule has 1 aromatic heterocycles. The van der Waals surface area contributed by atoms with Gasteiger partial charge in [0.05, 0.1) is 18.8 Å². The van der Waals surface area contributed by atoms with Gasteiger partial charge in [-0.1, -0.05) is 6.92 Å². The Hall–Kier alpha value is -1.63. The number of rotatable bonds is 7. The summed E-state index contributed by atoms with van der Waals surface area (Å²) in [6, 6.07) is 2.93. The molecule has 22 heavy (non-hydrogen) atoms. The molecule has 1 aliphatic rings. The largest absolute Gasteiger partial charge is 0.475 e. The molecule has 0 spiro atoms. The van der Waals surface area contributed by atoms with Gasteiger partial charge in [0.15, 0.2) is 5.79 Å². The standard InChI is InChI=1S/C16H22O6/c1-3-16(20-10-11-21-16)9-8-15(2,19)7-6-12-4-5-13(22-12)14(17)18/h4-7,19H,3,8-11H2,1-2H3,(H,17,18)/b7-6+. The molecule has 1 unspecified atom stereocenters. The third-order valence-electron chi connectivity index (χ3n) is 3.81. The minimum absolute atomic E-state index is 0.128. The van der Waals surface area contributed by atoms with Gasteiger partial charge in [-0.25, -0.2) is 4.79 Å². The van der Waals surface area contributed by atoms with E-state index in [9.17, 15) is 9.90 Å². The topological polar surface area (TPSA) is 89.1 Å². The Bertz CT molecular complexity index is 537. The maximum atomic E-state index is 10.7. The maximum Gasteiger partial charge on any atom is 0.371 e. The van der Waals surface area contributed by atoms with Gasteiger partial charge in [0.2, 0.25) is 5.76 Å². The Kier molecular flexibility index (Phi) is 5.05. The van der Waals surface area contributed by atoms with E-state index >= 15 is 0 Å². The van der Waals surface area contributed by atoms with Gasteiger partial charge in [0, 0.05) is 6.42 Å². The molecule has 6 heteroatoms. The number of ether oxygens (including phenoxy) is 2. The van der Waals surface area contributed by atoms with Crippen LogP contribution in [0.25, 0.3) is 6.08 Å². The molecule has 6 nitrogen and oxygen atoms in total. The summed E-state index contributed by atoms with van der Waals surface area (Å²) in [5, 5.41) is 19.2. The summed E-state index contributed by atoms with van der Waals surface area (Å²) in [7, 11) is 0. The predicted octanol–water partition coefficient (Wildman–Crippen LogP) is 2.68. The monoisotopic (exact) mass is 310 g/mol. The molecule has 122 valence electrons. The molecule has 0 bridgehead atoms. The van der Waals surface area contributed by atoms with Crippen LogP contribution in [-0.2, 0) is 9.47 Å². The van der Waals surface area contributed by atoms with Crippen molar-refractivity contribution in [1.82, 2.24) is 0 Å². The Balaban J connectivity index is 1.94. The van der Waals surface area contributed by atoms with E-state index in [-0.39, 0.29) is 5.76 Å². The average molecular weight is 310 g/mol. The molecular formula is C16H22O6. The Morgan fingerprint density at radius 2 is 2.09 bits per heavy atom. The van der Waals surface area contributed by atoms with Gasteiger partial charge >= 0.3 is 5.97 Å². The van der Waals surface area contributed by atoms with Crippen molar-refractivity contribution in [2.24, 2.45) is 0 Å². The quantitative estimate of drug-likeness (QED) is 0.805. The maximum absolute atomic E-state index is 10.7. The van der Waals surface area contributed by atoms with Gasteiger partial charge in [-0.05, 0) is 44.1 Å². The second kappa shape index (κ2) is 6.64. The van der Waals surface area contributed by atoms with Crippen LogP contribution >= 0.6 is 0 Å². The summed E-state index contributed by atoms with van der Waals surface area (Å²) in [5.74, 6) is -1.46. The fraction of sp³-hybridized carbons (Fsp3) is 0.562. The highest BCUT2D eigenvalue weighted by molar-refractivity contribution is 5.84. The highest BCUT2D eigenvalue weighted by Gasteiger charge is 2.36. The second-order valence-corrected chi connectivity index (χ2v) is 5.66. The second-order valence-electron chi connectivity index (χ2n) is 5.66. The van der Waals surface area contributed by atoms with E-state index in [1.165, 1.54) is 6.07 Å². The number of carboxylic acids is 1. The molecule has 0 amide bonds. The fourth-order valence-electron chi connectivity index (χ4n) is 2.37. The smallest absolute Gasteiger partial charge is 0.371 e. The van der Waals surface area contributed by atoms with Crippen LogP contribution in [0.3, 0.4) is 0 Å². The van der Waals surface area contributed by atoms with E-state index in [0.717, 1.165) is 6.42 Å². The van der Waals surface area contributed by atoms with E-state index in [4.69, 9.17) is 19.0 Å². The number of aromatic carboxylic acids is 1. The van der Waals surface area contributed by atoms with Crippen LogP contribution in [0.4, 0.5) is 0 Å². The number of carboxylic acid groups (broad SMARTS) is 1. The molecule has 2 N–H and O–H groups in total. The molecule has 0 aliphatic carbocycles. The van der Waals surface area contributed by atoms with Gasteiger partial charge in [-0.15, -0.1) is 0 Å². The third-order valence-corrected chi connectivity index (χ3v) is 3.81. The van der Waals surface area contributed by atoms with Gasteiger partial charge in [0.1, 0.15) is 5.76 Å². The van der Waals surface area contributed by atoms with Crippen molar-refractivity contribution in [3.8, 4) is 0 Å². The average Bonchev–Trinajstić information content (AvgIpc) is 3.13. The van der Waals surface area contributed by atoms with E-state index in [0.29, 0.717) is 31.8 Å². The summed E-state index contributed by atoms with van der Waals surface area (Å²) >= 11 is 0. The first-order chi connectivity index (χ1) is 10.4. The first-order valence-electron chi connectivity index (χ1n) is 7.38. The Labute approximate surface area is 129 Å². The molecule has 1 aromatic rings. The minimum Gasteiger partial charge on any atom is -0.475 e. The molecule has 2 heterocycles. The number of carbonyl (C=O) groups is 1. The lowest BCUT2D eigenvalue weighted by molar-refractivity contribution is -0.169. The Morgan fingerprint density at radius 3 is 2.64 bits per heavy atom. The highest BCUT2D eigenvalue weighted by Crippen LogP contribution is 2.31. The molecule has 0 radical (unpaired) electrons. The summed E-state index contributed by atoms with van der Waals surface area (Å²) in [4.78, 5) is 10.7. The molecule has 1 fully saturated rings. The van der Waals surface area contributed by atoms with Crippen LogP contribution in [0.5, 0.6) is 0 Å². The summed E-state index contributed by atoms with van der Waals surface area (Å²) in [6.45, 7) is 4.83. The van der Waals surface area contributed by atoms with Crippen molar-refractivity contribution in [3.63, 3.8) is 0 Å². The molecule has 1 aliphatic heterocycles. The lowest BCUT2D eigenvalue weighted by atomic mass is 9.94. The molecule has 1 atom stereocenters. The lowest BCUT2D eigenvalue weighted by Crippen LogP contribution is -2.33. The van der Waals surface area contributed by atoms with Crippen molar-refractivity contribution in [3.05, 3.63) is 29.7 Å². The van der Waals surface area contributed by atoms with Gasteiger partial charge in [0.25, 0.3) is 0 Å². The van der Waals surface area contributed by atoms with Gasteiger partial charge in [-0.3, -0.25) is 0 Å². The zero-order chi connectivity index (χ0) is 16.2. The minimum atomic E-state index is -1.12. The van der Waals surface area contributed by atoms with Crippen molar-refractivity contribution in [1.29, 1.82) is 0 Å². The number of hydrogen-bond acceptors (Lipinski definition) is 5. The Morgan fingerprint density at radius 1 is 1.41 bits per heavy atom. The molecule has 0 aromatic carbocycles. The van der Waals surface area contributed by atoms with Gasteiger partial charge in [-0.2, -0.15) is 0 Å². The predicted molar refractivity (Wildman–Crippen MR) is 79.5 cm³/mol. The van der Waals surface area contributed by atoms with Gasteiger partial charge < -0.3 is 24.1 Å². The van der Waals surface area contributed by atoms with Crippen LogP contribution in [0, 0.1) is 0 Å². The van der Waals surface area contributed by atoms with Crippen LogP contribution in [0.2, 0.25) is 0 Å².